The third kappa shape index (κ3) is 4.29. The number of hydrogen-bond acceptors (Lipinski definition) is 1. The third-order valence-corrected chi connectivity index (χ3v) is 3.80. The van der Waals surface area contributed by atoms with Crippen LogP contribution in [-0.4, -0.2) is 15.0 Å². The minimum atomic E-state index is -1.62. The summed E-state index contributed by atoms with van der Waals surface area (Å²) in [6.07, 6.45) is 4.75. The van der Waals surface area contributed by atoms with Crippen LogP contribution in [0, 0.1) is 5.92 Å². The molecule has 1 nitrogen and oxygen atoms in total. The Morgan fingerprint density at radius 3 is 2.69 bits per heavy atom. The summed E-state index contributed by atoms with van der Waals surface area (Å²) in [5.41, 5.74) is 2.40. The third-order valence-electron chi connectivity index (χ3n) is 3.05. The largest absolute Gasteiger partial charge is 0.388 e. The highest BCUT2D eigenvalue weighted by Gasteiger charge is 2.32. The summed E-state index contributed by atoms with van der Waals surface area (Å²) in [5, 5.41) is 9.67. The van der Waals surface area contributed by atoms with Crippen molar-refractivity contribution in [1.29, 1.82) is 0 Å². The molecule has 1 aliphatic rings. The van der Waals surface area contributed by atoms with E-state index in [0.717, 1.165) is 24.8 Å². The van der Waals surface area contributed by atoms with Crippen LogP contribution in [0.1, 0.15) is 32.6 Å². The molecule has 0 radical (unpaired) electrons. The number of halogens is 3. The Morgan fingerprint density at radius 1 is 1.62 bits per heavy atom. The Morgan fingerprint density at radius 2 is 2.25 bits per heavy atom. The Kier molecular flexibility index (Phi) is 5.18. The Hall–Kier alpha value is 0.310. The van der Waals surface area contributed by atoms with Gasteiger partial charge in [0.05, 0.1) is 0 Å². The molecule has 1 N–H and O–H groups in total. The van der Waals surface area contributed by atoms with Crippen LogP contribution in [0.25, 0.3) is 0 Å². The van der Waals surface area contributed by atoms with Crippen LogP contribution in [-0.2, 0) is 0 Å². The predicted molar refractivity (Wildman–Crippen MR) is 71.2 cm³/mol. The van der Waals surface area contributed by atoms with Crippen LogP contribution in [0.2, 0.25) is 0 Å². The number of aliphatic hydroxyl groups excluding tert-OH is 1. The molecule has 92 valence electrons. The van der Waals surface area contributed by atoms with Gasteiger partial charge in [-0.15, -0.1) is 0 Å². The first kappa shape index (κ1) is 14.4. The van der Waals surface area contributed by atoms with Gasteiger partial charge >= 0.3 is 0 Å². The smallest absolute Gasteiger partial charge is 0.216 e. The Balaban J connectivity index is 2.48. The fourth-order valence-electron chi connectivity index (χ4n) is 1.87. The minimum Gasteiger partial charge on any atom is -0.388 e. The highest BCUT2D eigenvalue weighted by atomic mass is 35.6. The van der Waals surface area contributed by atoms with Crippen molar-refractivity contribution in [2.45, 2.75) is 42.5 Å². The SMILES string of the molecule is C=C(CC(O)C(Cl)(Cl)Cl)C1CC=C(C)CC1. The van der Waals surface area contributed by atoms with Gasteiger partial charge in [0.25, 0.3) is 0 Å². The van der Waals surface area contributed by atoms with Gasteiger partial charge in [-0.3, -0.25) is 0 Å². The van der Waals surface area contributed by atoms with E-state index in [4.69, 9.17) is 34.8 Å². The van der Waals surface area contributed by atoms with E-state index < -0.39 is 9.90 Å². The second-order valence-electron chi connectivity index (χ2n) is 4.44. The lowest BCUT2D eigenvalue weighted by molar-refractivity contribution is 0.175. The van der Waals surface area contributed by atoms with Gasteiger partial charge < -0.3 is 5.11 Å². The molecule has 2 unspecified atom stereocenters. The molecule has 0 aromatic rings. The van der Waals surface area contributed by atoms with Crippen LogP contribution in [0.15, 0.2) is 23.8 Å². The number of alkyl halides is 3. The average Bonchev–Trinajstić information content (AvgIpc) is 2.17. The second kappa shape index (κ2) is 5.77. The highest BCUT2D eigenvalue weighted by Crippen LogP contribution is 2.36. The molecule has 0 amide bonds. The molecule has 16 heavy (non-hydrogen) atoms. The zero-order chi connectivity index (χ0) is 12.3. The second-order valence-corrected chi connectivity index (χ2v) is 6.81. The van der Waals surface area contributed by atoms with Crippen LogP contribution in [0.5, 0.6) is 0 Å². The Labute approximate surface area is 112 Å². The maximum absolute atomic E-state index is 9.67. The zero-order valence-electron chi connectivity index (χ0n) is 9.35. The molecule has 0 aromatic carbocycles. The predicted octanol–water partition coefficient (Wildman–Crippen LogP) is 4.41. The van der Waals surface area contributed by atoms with Crippen molar-refractivity contribution in [2.24, 2.45) is 5.92 Å². The van der Waals surface area contributed by atoms with E-state index in [1.165, 1.54) is 5.57 Å². The molecular weight excluding hydrogens is 266 g/mol. The van der Waals surface area contributed by atoms with Crippen molar-refractivity contribution in [3.8, 4) is 0 Å². The van der Waals surface area contributed by atoms with Crippen LogP contribution < -0.4 is 0 Å². The minimum absolute atomic E-state index is 0.355. The lowest BCUT2D eigenvalue weighted by Gasteiger charge is -2.26. The van der Waals surface area contributed by atoms with Crippen LogP contribution >= 0.6 is 34.8 Å². The summed E-state index contributed by atoms with van der Waals surface area (Å²) in [4.78, 5) is 0. The summed E-state index contributed by atoms with van der Waals surface area (Å²) >= 11 is 16.9. The van der Waals surface area contributed by atoms with Crippen molar-refractivity contribution >= 4 is 34.8 Å². The quantitative estimate of drug-likeness (QED) is 0.601. The molecule has 0 spiro atoms. The first-order chi connectivity index (χ1) is 7.30. The Bertz CT molecular complexity index is 291. The van der Waals surface area contributed by atoms with Gasteiger partial charge in [0, 0.05) is 0 Å². The van der Waals surface area contributed by atoms with E-state index in [1.54, 1.807) is 0 Å². The molecule has 1 rings (SSSR count). The molecule has 0 aromatic heterocycles. The van der Waals surface area contributed by atoms with Crippen LogP contribution in [0.4, 0.5) is 0 Å². The van der Waals surface area contributed by atoms with Gasteiger partial charge in [-0.1, -0.05) is 58.6 Å². The van der Waals surface area contributed by atoms with Crippen molar-refractivity contribution in [3.05, 3.63) is 23.8 Å². The number of rotatable bonds is 3. The fourth-order valence-corrected chi connectivity index (χ4v) is 2.10. The van der Waals surface area contributed by atoms with Gasteiger partial charge in [0.1, 0.15) is 6.10 Å². The molecule has 0 saturated heterocycles. The number of aliphatic hydroxyl groups is 1. The van der Waals surface area contributed by atoms with E-state index in [9.17, 15) is 5.11 Å². The topological polar surface area (TPSA) is 20.2 Å². The normalized spacial score (nSPS) is 23.8. The molecule has 4 heteroatoms. The van der Waals surface area contributed by atoms with E-state index in [2.05, 4.69) is 19.6 Å². The fraction of sp³-hybridized carbons (Fsp3) is 0.667. The van der Waals surface area contributed by atoms with Crippen LogP contribution in [0.3, 0.4) is 0 Å². The monoisotopic (exact) mass is 282 g/mol. The van der Waals surface area contributed by atoms with Gasteiger partial charge in [-0.05, 0) is 38.5 Å². The first-order valence-electron chi connectivity index (χ1n) is 5.38. The van der Waals surface area contributed by atoms with E-state index in [0.29, 0.717) is 12.3 Å². The van der Waals surface area contributed by atoms with Gasteiger partial charge in [0.2, 0.25) is 3.79 Å². The van der Waals surface area contributed by atoms with E-state index >= 15 is 0 Å². The lowest BCUT2D eigenvalue weighted by atomic mass is 9.83. The molecule has 1 aliphatic carbocycles. The lowest BCUT2D eigenvalue weighted by Crippen LogP contribution is -2.26. The molecule has 2 atom stereocenters. The first-order valence-corrected chi connectivity index (χ1v) is 6.52. The average molecular weight is 284 g/mol. The van der Waals surface area contributed by atoms with Crippen molar-refractivity contribution in [1.82, 2.24) is 0 Å². The molecular formula is C12H17Cl3O. The molecule has 0 fully saturated rings. The molecule has 0 heterocycles. The molecule has 0 bridgehead atoms. The van der Waals surface area contributed by atoms with Crippen molar-refractivity contribution < 1.29 is 5.11 Å². The maximum atomic E-state index is 9.67. The van der Waals surface area contributed by atoms with Gasteiger partial charge in [0.15, 0.2) is 0 Å². The molecule has 0 saturated carbocycles. The summed E-state index contributed by atoms with van der Waals surface area (Å²) in [7, 11) is 0. The maximum Gasteiger partial charge on any atom is 0.216 e. The standard InChI is InChI=1S/C12H17Cl3O/c1-8-3-5-10(6-4-8)9(2)7-11(16)12(13,14)15/h3,10-11,16H,2,4-7H2,1H3. The molecule has 0 aliphatic heterocycles. The van der Waals surface area contributed by atoms with Gasteiger partial charge in [-0.2, -0.15) is 0 Å². The summed E-state index contributed by atoms with van der Waals surface area (Å²) in [5.74, 6) is 0.408. The number of allylic oxidation sites excluding steroid dienone is 2. The van der Waals surface area contributed by atoms with E-state index in [1.807, 2.05) is 0 Å². The number of hydrogen-bond donors (Lipinski definition) is 1. The summed E-state index contributed by atoms with van der Waals surface area (Å²) < 4.78 is -1.62. The van der Waals surface area contributed by atoms with Crippen molar-refractivity contribution in [2.75, 3.05) is 0 Å². The zero-order valence-corrected chi connectivity index (χ0v) is 11.6. The highest BCUT2D eigenvalue weighted by molar-refractivity contribution is 6.68. The van der Waals surface area contributed by atoms with Crippen molar-refractivity contribution in [3.63, 3.8) is 0 Å². The van der Waals surface area contributed by atoms with E-state index in [-0.39, 0.29) is 0 Å². The summed E-state index contributed by atoms with van der Waals surface area (Å²) in [6.45, 7) is 6.13. The summed E-state index contributed by atoms with van der Waals surface area (Å²) in [6, 6.07) is 0. The van der Waals surface area contributed by atoms with Gasteiger partial charge in [-0.25, -0.2) is 0 Å².